The van der Waals surface area contributed by atoms with Crippen molar-refractivity contribution in [2.45, 2.75) is 79.2 Å². The number of ether oxygens (including phenoxy) is 2. The summed E-state index contributed by atoms with van der Waals surface area (Å²) in [6.07, 6.45) is 9.50. The molecule has 2 saturated carbocycles. The minimum absolute atomic E-state index is 0.0272. The molecule has 4 aliphatic carbocycles. The monoisotopic (exact) mass is 414 g/mol. The van der Waals surface area contributed by atoms with Gasteiger partial charge in [0.05, 0.1) is 0 Å². The number of hydrogen-bond acceptors (Lipinski definition) is 5. The summed E-state index contributed by atoms with van der Waals surface area (Å²) >= 11 is 0. The number of fused-ring (bicyclic) bond motifs is 5. The van der Waals surface area contributed by atoms with Crippen molar-refractivity contribution in [3.8, 4) is 0 Å². The first-order valence-electron chi connectivity index (χ1n) is 11.3. The highest BCUT2D eigenvalue weighted by Gasteiger charge is 2.64. The highest BCUT2D eigenvalue weighted by Crippen LogP contribution is 2.66. The fourth-order valence-electron chi connectivity index (χ4n) is 7.54. The average molecular weight is 415 g/mol. The van der Waals surface area contributed by atoms with E-state index in [0.29, 0.717) is 17.8 Å². The van der Waals surface area contributed by atoms with Crippen molar-refractivity contribution in [1.82, 2.24) is 0 Å². The fraction of sp³-hybridized carbons (Fsp3) is 0.720. The van der Waals surface area contributed by atoms with E-state index in [1.54, 1.807) is 6.92 Å². The molecule has 0 saturated heterocycles. The number of Topliss-reactive ketones (excluding diaryl/α,β-unsaturated/α-hetero) is 1. The van der Waals surface area contributed by atoms with Crippen LogP contribution in [0.1, 0.15) is 73.1 Å². The minimum atomic E-state index is -0.284. The second-order valence-corrected chi connectivity index (χ2v) is 10.3. The summed E-state index contributed by atoms with van der Waals surface area (Å²) in [5, 5.41) is 0. The first-order valence-corrected chi connectivity index (χ1v) is 11.3. The number of rotatable bonds is 3. The van der Waals surface area contributed by atoms with Gasteiger partial charge in [-0.2, -0.15) is 0 Å². The van der Waals surface area contributed by atoms with Gasteiger partial charge < -0.3 is 9.47 Å². The first-order chi connectivity index (χ1) is 14.1. The summed E-state index contributed by atoms with van der Waals surface area (Å²) in [5.74, 6) is 1.66. The Balaban J connectivity index is 1.72. The zero-order chi connectivity index (χ0) is 21.8. The molecule has 30 heavy (non-hydrogen) atoms. The van der Waals surface area contributed by atoms with Crippen molar-refractivity contribution in [3.05, 3.63) is 23.5 Å². The fourth-order valence-corrected chi connectivity index (χ4v) is 7.54. The summed E-state index contributed by atoms with van der Waals surface area (Å²) < 4.78 is 11.3. The van der Waals surface area contributed by atoms with Gasteiger partial charge in [-0.1, -0.05) is 19.9 Å². The molecule has 4 rings (SSSR count). The van der Waals surface area contributed by atoms with Crippen LogP contribution in [0.25, 0.3) is 0 Å². The van der Waals surface area contributed by atoms with Gasteiger partial charge in [0.15, 0.2) is 0 Å². The van der Waals surface area contributed by atoms with E-state index >= 15 is 0 Å². The van der Waals surface area contributed by atoms with Crippen LogP contribution in [-0.4, -0.2) is 23.8 Å². The molecule has 0 aromatic heterocycles. The topological polar surface area (TPSA) is 69.7 Å². The molecular weight excluding hydrogens is 380 g/mol. The van der Waals surface area contributed by atoms with Gasteiger partial charge in [-0.15, -0.1) is 0 Å². The van der Waals surface area contributed by atoms with E-state index in [1.807, 2.05) is 0 Å². The van der Waals surface area contributed by atoms with Crippen LogP contribution in [0.2, 0.25) is 0 Å². The number of esters is 2. The SMILES string of the molecule is CC(=O)OC1=CC2=CC[C@H]3[C@@H]4CC[C@H](C(C)=O)[C@@]4(C)[C@@H](OC(C)=O)C[C@@H]3[C@@]2(C)CC1. The molecule has 0 aliphatic heterocycles. The third-order valence-corrected chi connectivity index (χ3v) is 8.88. The zero-order valence-electron chi connectivity index (χ0n) is 18.8. The molecule has 0 N–H and O–H groups in total. The molecule has 7 atom stereocenters. The minimum Gasteiger partial charge on any atom is -0.462 e. The summed E-state index contributed by atoms with van der Waals surface area (Å²) in [5.41, 5.74) is 0.937. The molecule has 0 aromatic rings. The van der Waals surface area contributed by atoms with Crippen molar-refractivity contribution in [2.75, 3.05) is 0 Å². The van der Waals surface area contributed by atoms with Gasteiger partial charge in [0.2, 0.25) is 0 Å². The van der Waals surface area contributed by atoms with Gasteiger partial charge in [-0.05, 0) is 73.8 Å². The molecule has 0 aromatic carbocycles. The van der Waals surface area contributed by atoms with Crippen LogP contribution in [-0.2, 0) is 23.9 Å². The van der Waals surface area contributed by atoms with Crippen molar-refractivity contribution < 1.29 is 23.9 Å². The van der Waals surface area contributed by atoms with E-state index in [2.05, 4.69) is 26.0 Å². The number of allylic oxidation sites excluding steroid dienone is 4. The van der Waals surface area contributed by atoms with Crippen LogP contribution in [0.5, 0.6) is 0 Å². The lowest BCUT2D eigenvalue weighted by Crippen LogP contribution is -2.57. The molecule has 5 nitrogen and oxygen atoms in total. The van der Waals surface area contributed by atoms with E-state index in [0.717, 1.165) is 44.3 Å². The van der Waals surface area contributed by atoms with Crippen LogP contribution in [0, 0.1) is 34.5 Å². The number of carbonyl (C=O) groups is 3. The average Bonchev–Trinajstić information content (AvgIpc) is 3.01. The van der Waals surface area contributed by atoms with Crippen LogP contribution in [0.4, 0.5) is 0 Å². The summed E-state index contributed by atoms with van der Waals surface area (Å²) in [7, 11) is 0. The van der Waals surface area contributed by atoms with Crippen LogP contribution < -0.4 is 0 Å². The van der Waals surface area contributed by atoms with Gasteiger partial charge in [0.1, 0.15) is 17.6 Å². The lowest BCUT2D eigenvalue weighted by molar-refractivity contribution is -0.178. The highest BCUT2D eigenvalue weighted by molar-refractivity contribution is 5.80. The van der Waals surface area contributed by atoms with Crippen molar-refractivity contribution >= 4 is 17.7 Å². The number of hydrogen-bond donors (Lipinski definition) is 0. The maximum Gasteiger partial charge on any atom is 0.307 e. The standard InChI is InChI=1S/C25H34O5/c1-14(26)20-8-9-21-19-7-6-17-12-18(29-15(2)27)10-11-24(17,4)22(19)13-23(25(20,21)5)30-16(3)28/h6,12,19-23H,7-11,13H2,1-5H3/t19-,20+,21-,22-,23-,24-,25+/m0/s1. The summed E-state index contributed by atoms with van der Waals surface area (Å²) in [6.45, 7) is 9.13. The maximum absolute atomic E-state index is 12.5. The lowest BCUT2D eigenvalue weighted by atomic mass is 9.47. The predicted molar refractivity (Wildman–Crippen MR) is 112 cm³/mol. The molecule has 0 radical (unpaired) electrons. The second kappa shape index (κ2) is 7.35. The molecule has 0 unspecified atom stereocenters. The highest BCUT2D eigenvalue weighted by atomic mass is 16.5. The Morgan fingerprint density at radius 3 is 2.40 bits per heavy atom. The molecular formula is C25H34O5. The largest absolute Gasteiger partial charge is 0.462 e. The Bertz CT molecular complexity index is 838. The van der Waals surface area contributed by atoms with Crippen LogP contribution in [0.3, 0.4) is 0 Å². The van der Waals surface area contributed by atoms with Crippen LogP contribution >= 0.6 is 0 Å². The Hall–Kier alpha value is -1.91. The molecule has 0 spiro atoms. The van der Waals surface area contributed by atoms with E-state index in [9.17, 15) is 14.4 Å². The molecule has 4 aliphatic rings. The van der Waals surface area contributed by atoms with E-state index < -0.39 is 0 Å². The molecule has 164 valence electrons. The van der Waals surface area contributed by atoms with Crippen LogP contribution in [0.15, 0.2) is 23.5 Å². The van der Waals surface area contributed by atoms with Gasteiger partial charge in [-0.25, -0.2) is 0 Å². The Kier molecular flexibility index (Phi) is 5.22. The Labute approximate surface area is 179 Å². The molecule has 0 amide bonds. The van der Waals surface area contributed by atoms with Crippen molar-refractivity contribution in [3.63, 3.8) is 0 Å². The predicted octanol–water partition coefficient (Wildman–Crippen LogP) is 4.75. The third-order valence-electron chi connectivity index (χ3n) is 8.88. The molecule has 0 heterocycles. The van der Waals surface area contributed by atoms with Crippen molar-refractivity contribution in [1.29, 1.82) is 0 Å². The first kappa shape index (κ1) is 21.3. The number of ketones is 1. The zero-order valence-corrected chi connectivity index (χ0v) is 18.8. The van der Waals surface area contributed by atoms with E-state index in [4.69, 9.17) is 9.47 Å². The molecule has 5 heteroatoms. The summed E-state index contributed by atoms with van der Waals surface area (Å²) in [6, 6.07) is 0. The third kappa shape index (κ3) is 3.16. The van der Waals surface area contributed by atoms with Gasteiger partial charge >= 0.3 is 11.9 Å². The normalized spacial score (nSPS) is 42.1. The van der Waals surface area contributed by atoms with E-state index in [1.165, 1.54) is 19.4 Å². The smallest absolute Gasteiger partial charge is 0.307 e. The maximum atomic E-state index is 12.5. The summed E-state index contributed by atoms with van der Waals surface area (Å²) in [4.78, 5) is 35.9. The van der Waals surface area contributed by atoms with Crippen molar-refractivity contribution in [2.24, 2.45) is 34.5 Å². The molecule has 0 bridgehead atoms. The Morgan fingerprint density at radius 1 is 1.03 bits per heavy atom. The lowest BCUT2D eigenvalue weighted by Gasteiger charge is -2.59. The van der Waals surface area contributed by atoms with Gasteiger partial charge in [0, 0.05) is 31.6 Å². The van der Waals surface area contributed by atoms with E-state index in [-0.39, 0.29) is 40.6 Å². The quantitative estimate of drug-likeness (QED) is 0.623. The van der Waals surface area contributed by atoms with Gasteiger partial charge in [-0.3, -0.25) is 14.4 Å². The second-order valence-electron chi connectivity index (χ2n) is 10.3. The number of carbonyl (C=O) groups excluding carboxylic acids is 3. The van der Waals surface area contributed by atoms with Gasteiger partial charge in [0.25, 0.3) is 0 Å². The Morgan fingerprint density at radius 2 is 1.77 bits per heavy atom. The molecule has 2 fully saturated rings.